The second-order valence-electron chi connectivity index (χ2n) is 5.13. The molecule has 0 aliphatic carbocycles. The van der Waals surface area contributed by atoms with Crippen LogP contribution in [0.25, 0.3) is 0 Å². The van der Waals surface area contributed by atoms with Gasteiger partial charge in [0, 0.05) is 12.1 Å². The minimum Gasteiger partial charge on any atom is -0.377 e. The zero-order chi connectivity index (χ0) is 16.2. The Balaban J connectivity index is 2.91. The SMILES string of the molecule is Cc1cc(S(N)(=O)=O)cc(C(=O)NCCOC(C)C)c1C. The zero-order valence-corrected chi connectivity index (χ0v) is 13.6. The quantitative estimate of drug-likeness (QED) is 0.768. The van der Waals surface area contributed by atoms with Crippen LogP contribution in [0.15, 0.2) is 17.0 Å². The van der Waals surface area contributed by atoms with Crippen molar-refractivity contribution in [1.29, 1.82) is 0 Å². The maximum atomic E-state index is 12.1. The van der Waals surface area contributed by atoms with Gasteiger partial charge in [-0.1, -0.05) is 0 Å². The lowest BCUT2D eigenvalue weighted by Crippen LogP contribution is -2.29. The number of rotatable bonds is 6. The summed E-state index contributed by atoms with van der Waals surface area (Å²) in [7, 11) is -3.84. The molecule has 0 aliphatic rings. The number of carbonyl (C=O) groups is 1. The van der Waals surface area contributed by atoms with Gasteiger partial charge in [-0.05, 0) is 51.0 Å². The molecule has 1 aromatic rings. The van der Waals surface area contributed by atoms with Gasteiger partial charge in [-0.3, -0.25) is 4.79 Å². The fourth-order valence-corrected chi connectivity index (χ4v) is 2.40. The van der Waals surface area contributed by atoms with Crippen LogP contribution in [-0.2, 0) is 14.8 Å². The third-order valence-electron chi connectivity index (χ3n) is 3.05. The Morgan fingerprint density at radius 2 is 1.95 bits per heavy atom. The van der Waals surface area contributed by atoms with Gasteiger partial charge in [0.25, 0.3) is 5.91 Å². The molecular weight excluding hydrogens is 292 g/mol. The number of benzene rings is 1. The molecule has 0 fully saturated rings. The van der Waals surface area contributed by atoms with E-state index in [-0.39, 0.29) is 16.9 Å². The van der Waals surface area contributed by atoms with E-state index in [1.54, 1.807) is 13.8 Å². The topological polar surface area (TPSA) is 98.5 Å². The van der Waals surface area contributed by atoms with Gasteiger partial charge in [0.05, 0.1) is 17.6 Å². The summed E-state index contributed by atoms with van der Waals surface area (Å²) in [6, 6.07) is 2.76. The minimum atomic E-state index is -3.84. The fraction of sp³-hybridized carbons (Fsp3) is 0.500. The summed E-state index contributed by atoms with van der Waals surface area (Å²) >= 11 is 0. The largest absolute Gasteiger partial charge is 0.377 e. The molecule has 0 heterocycles. The Hall–Kier alpha value is -1.44. The van der Waals surface area contributed by atoms with E-state index in [1.807, 2.05) is 13.8 Å². The first kappa shape index (κ1) is 17.6. The highest BCUT2D eigenvalue weighted by Crippen LogP contribution is 2.19. The molecule has 21 heavy (non-hydrogen) atoms. The van der Waals surface area contributed by atoms with E-state index >= 15 is 0 Å². The number of nitrogens with one attached hydrogen (secondary N) is 1. The highest BCUT2D eigenvalue weighted by Gasteiger charge is 2.16. The van der Waals surface area contributed by atoms with Crippen molar-refractivity contribution in [3.8, 4) is 0 Å². The van der Waals surface area contributed by atoms with Crippen LogP contribution >= 0.6 is 0 Å². The molecule has 1 rings (SSSR count). The predicted octanol–water partition coefficient (Wildman–Crippen LogP) is 1.11. The average Bonchev–Trinajstić information content (AvgIpc) is 2.35. The summed E-state index contributed by atoms with van der Waals surface area (Å²) in [5.41, 5.74) is 1.73. The third kappa shape index (κ3) is 5.11. The number of amides is 1. The van der Waals surface area contributed by atoms with Gasteiger partial charge < -0.3 is 10.1 Å². The first-order valence-electron chi connectivity index (χ1n) is 6.66. The molecule has 1 aromatic carbocycles. The van der Waals surface area contributed by atoms with Gasteiger partial charge in [0.2, 0.25) is 10.0 Å². The summed E-state index contributed by atoms with van der Waals surface area (Å²) in [5, 5.41) is 7.82. The van der Waals surface area contributed by atoms with E-state index < -0.39 is 10.0 Å². The van der Waals surface area contributed by atoms with Crippen molar-refractivity contribution in [2.24, 2.45) is 5.14 Å². The van der Waals surface area contributed by atoms with E-state index in [4.69, 9.17) is 9.88 Å². The van der Waals surface area contributed by atoms with Gasteiger partial charge in [0.15, 0.2) is 0 Å². The Morgan fingerprint density at radius 3 is 2.48 bits per heavy atom. The predicted molar refractivity (Wildman–Crippen MR) is 80.7 cm³/mol. The third-order valence-corrected chi connectivity index (χ3v) is 3.95. The Morgan fingerprint density at radius 1 is 1.33 bits per heavy atom. The standard InChI is InChI=1S/C14H22N2O4S/c1-9(2)20-6-5-16-14(17)13-8-12(21(15,18)19)7-10(3)11(13)4/h7-9H,5-6H2,1-4H3,(H,16,17)(H2,15,18,19). The van der Waals surface area contributed by atoms with Crippen LogP contribution in [0.4, 0.5) is 0 Å². The normalized spacial score (nSPS) is 11.7. The van der Waals surface area contributed by atoms with Crippen molar-refractivity contribution >= 4 is 15.9 Å². The number of sulfonamides is 1. The van der Waals surface area contributed by atoms with E-state index in [0.717, 1.165) is 5.56 Å². The first-order valence-corrected chi connectivity index (χ1v) is 8.21. The number of aryl methyl sites for hydroxylation is 1. The molecule has 0 aromatic heterocycles. The summed E-state index contributed by atoms with van der Waals surface area (Å²) in [6.07, 6.45) is 0.0941. The van der Waals surface area contributed by atoms with Crippen molar-refractivity contribution in [3.05, 3.63) is 28.8 Å². The summed E-state index contributed by atoms with van der Waals surface area (Å²) < 4.78 is 28.2. The van der Waals surface area contributed by atoms with Crippen LogP contribution in [0, 0.1) is 13.8 Å². The van der Waals surface area contributed by atoms with Crippen LogP contribution < -0.4 is 10.5 Å². The number of hydrogen-bond acceptors (Lipinski definition) is 4. The molecule has 0 bridgehead atoms. The maximum absolute atomic E-state index is 12.1. The van der Waals surface area contributed by atoms with Crippen LogP contribution in [0.5, 0.6) is 0 Å². The minimum absolute atomic E-state index is 0.0609. The van der Waals surface area contributed by atoms with E-state index in [2.05, 4.69) is 5.32 Å². The van der Waals surface area contributed by atoms with E-state index in [0.29, 0.717) is 24.3 Å². The maximum Gasteiger partial charge on any atom is 0.251 e. The van der Waals surface area contributed by atoms with Crippen molar-refractivity contribution in [3.63, 3.8) is 0 Å². The highest BCUT2D eigenvalue weighted by molar-refractivity contribution is 7.89. The average molecular weight is 314 g/mol. The van der Waals surface area contributed by atoms with E-state index in [9.17, 15) is 13.2 Å². The molecule has 7 heteroatoms. The summed E-state index contributed by atoms with van der Waals surface area (Å²) in [4.78, 5) is 12.1. The van der Waals surface area contributed by atoms with Crippen molar-refractivity contribution in [2.45, 2.75) is 38.7 Å². The summed E-state index contributed by atoms with van der Waals surface area (Å²) in [6.45, 7) is 8.08. The van der Waals surface area contributed by atoms with Gasteiger partial charge in [-0.15, -0.1) is 0 Å². The fourth-order valence-electron chi connectivity index (χ4n) is 1.78. The highest BCUT2D eigenvalue weighted by atomic mass is 32.2. The van der Waals surface area contributed by atoms with Crippen molar-refractivity contribution < 1.29 is 17.9 Å². The second kappa shape index (κ2) is 7.02. The number of ether oxygens (including phenoxy) is 1. The molecule has 0 aliphatic heterocycles. The molecule has 1 amide bonds. The lowest BCUT2D eigenvalue weighted by Gasteiger charge is -2.12. The van der Waals surface area contributed by atoms with E-state index in [1.165, 1.54) is 12.1 Å². The van der Waals surface area contributed by atoms with Crippen LogP contribution in [0.2, 0.25) is 0 Å². The lowest BCUT2D eigenvalue weighted by molar-refractivity contribution is 0.0746. The van der Waals surface area contributed by atoms with Gasteiger partial charge in [-0.2, -0.15) is 0 Å². The molecule has 0 radical (unpaired) electrons. The zero-order valence-electron chi connectivity index (χ0n) is 12.8. The Bertz CT molecular complexity index is 624. The molecule has 0 spiro atoms. The van der Waals surface area contributed by atoms with Gasteiger partial charge >= 0.3 is 0 Å². The van der Waals surface area contributed by atoms with Crippen LogP contribution in [-0.4, -0.2) is 33.6 Å². The molecule has 0 saturated carbocycles. The Kier molecular flexibility index (Phi) is 5.88. The Labute approximate surface area is 125 Å². The molecule has 3 N–H and O–H groups in total. The number of primary sulfonamides is 1. The number of carbonyl (C=O) groups excluding carboxylic acids is 1. The monoisotopic (exact) mass is 314 g/mol. The smallest absolute Gasteiger partial charge is 0.251 e. The van der Waals surface area contributed by atoms with Gasteiger partial charge in [0.1, 0.15) is 0 Å². The molecule has 0 saturated heterocycles. The first-order chi connectivity index (χ1) is 9.62. The molecular formula is C14H22N2O4S. The molecule has 0 atom stereocenters. The molecule has 0 unspecified atom stereocenters. The van der Waals surface area contributed by atoms with Crippen molar-refractivity contribution in [1.82, 2.24) is 5.32 Å². The number of nitrogens with two attached hydrogens (primary N) is 1. The van der Waals surface area contributed by atoms with Crippen molar-refractivity contribution in [2.75, 3.05) is 13.2 Å². The van der Waals surface area contributed by atoms with Gasteiger partial charge in [-0.25, -0.2) is 13.6 Å². The second-order valence-corrected chi connectivity index (χ2v) is 6.69. The van der Waals surface area contributed by atoms with Crippen LogP contribution in [0.1, 0.15) is 35.3 Å². The van der Waals surface area contributed by atoms with Crippen LogP contribution in [0.3, 0.4) is 0 Å². The lowest BCUT2D eigenvalue weighted by atomic mass is 10.0. The summed E-state index contributed by atoms with van der Waals surface area (Å²) in [5.74, 6) is -0.339. The molecule has 6 nitrogen and oxygen atoms in total. The number of hydrogen-bond donors (Lipinski definition) is 2. The molecule has 118 valence electrons.